The molecule has 9 heteroatoms. The van der Waals surface area contributed by atoms with E-state index in [4.69, 9.17) is 18.6 Å². The number of hydrogen-bond acceptors (Lipinski definition) is 7. The fourth-order valence-electron chi connectivity index (χ4n) is 3.97. The van der Waals surface area contributed by atoms with Gasteiger partial charge in [0.15, 0.2) is 5.58 Å². The van der Waals surface area contributed by atoms with Crippen molar-refractivity contribution in [1.29, 1.82) is 0 Å². The van der Waals surface area contributed by atoms with Crippen molar-refractivity contribution in [3.05, 3.63) is 42.0 Å². The summed E-state index contributed by atoms with van der Waals surface area (Å²) in [6.07, 6.45) is 1.42. The molecule has 1 fully saturated rings. The Morgan fingerprint density at radius 1 is 1.21 bits per heavy atom. The normalized spacial score (nSPS) is 18.8. The molecule has 1 unspecified atom stereocenters. The number of aromatic nitrogens is 1. The monoisotopic (exact) mass is 454 g/mol. The Balaban J connectivity index is 1.59. The summed E-state index contributed by atoms with van der Waals surface area (Å²) in [6, 6.07) is 9.51. The average Bonchev–Trinajstić information content (AvgIpc) is 3.44. The second kappa shape index (κ2) is 9.11. The summed E-state index contributed by atoms with van der Waals surface area (Å²) in [5.41, 5.74) is 1.37. The standard InChI is InChI=1S/C24H26N2O7/c1-24(10-5-11-32-24)23(29)26-16(22(27)28)13-14-8-9-17-15(12-14)25-21(33-17)20-18(30-2)6-4-7-19(20)31-3/h4,6-9,12,16H,5,10-11,13H2,1-3H3,(H,26,29)(H,27,28)/t16-,24?/m0/s1. The highest BCUT2D eigenvalue weighted by atomic mass is 16.5. The minimum atomic E-state index is -1.12. The largest absolute Gasteiger partial charge is 0.496 e. The zero-order valence-electron chi connectivity index (χ0n) is 18.7. The first-order chi connectivity index (χ1) is 15.8. The molecular formula is C24H26N2O7. The Bertz CT molecular complexity index is 1160. The number of hydrogen-bond donors (Lipinski definition) is 2. The SMILES string of the molecule is COc1cccc(OC)c1-c1nc2cc(C[C@H](NC(=O)C3(C)CCCO3)C(=O)O)ccc2o1. The lowest BCUT2D eigenvalue weighted by Gasteiger charge is -2.24. The number of nitrogens with zero attached hydrogens (tertiary/aromatic N) is 1. The van der Waals surface area contributed by atoms with Crippen molar-refractivity contribution in [3.8, 4) is 23.0 Å². The van der Waals surface area contributed by atoms with Crippen LogP contribution in [0.3, 0.4) is 0 Å². The highest BCUT2D eigenvalue weighted by molar-refractivity contribution is 5.89. The summed E-state index contributed by atoms with van der Waals surface area (Å²) in [5, 5.41) is 12.3. The molecule has 0 aliphatic carbocycles. The van der Waals surface area contributed by atoms with Gasteiger partial charge in [0, 0.05) is 13.0 Å². The van der Waals surface area contributed by atoms with E-state index in [1.807, 2.05) is 0 Å². The molecule has 1 amide bonds. The number of ether oxygens (including phenoxy) is 3. The van der Waals surface area contributed by atoms with Gasteiger partial charge in [-0.2, -0.15) is 0 Å². The molecule has 33 heavy (non-hydrogen) atoms. The summed E-state index contributed by atoms with van der Waals surface area (Å²) >= 11 is 0. The lowest BCUT2D eigenvalue weighted by Crippen LogP contribution is -2.51. The van der Waals surface area contributed by atoms with Crippen LogP contribution in [-0.4, -0.2) is 54.4 Å². The smallest absolute Gasteiger partial charge is 0.326 e. The van der Waals surface area contributed by atoms with E-state index < -0.39 is 23.5 Å². The molecule has 2 heterocycles. The Labute approximate surface area is 190 Å². The van der Waals surface area contributed by atoms with Crippen LogP contribution in [0.15, 0.2) is 40.8 Å². The number of methoxy groups -OCH3 is 2. The maximum Gasteiger partial charge on any atom is 0.326 e. The molecule has 9 nitrogen and oxygen atoms in total. The average molecular weight is 454 g/mol. The lowest BCUT2D eigenvalue weighted by atomic mass is 10.00. The van der Waals surface area contributed by atoms with Crippen molar-refractivity contribution in [3.63, 3.8) is 0 Å². The van der Waals surface area contributed by atoms with Gasteiger partial charge < -0.3 is 29.1 Å². The van der Waals surface area contributed by atoms with Gasteiger partial charge in [0.05, 0.1) is 14.2 Å². The molecule has 0 saturated carbocycles. The molecule has 1 saturated heterocycles. The molecule has 4 rings (SSSR count). The van der Waals surface area contributed by atoms with Crippen molar-refractivity contribution in [2.45, 2.75) is 37.8 Å². The van der Waals surface area contributed by atoms with E-state index in [0.717, 1.165) is 6.42 Å². The molecule has 1 aliphatic heterocycles. The van der Waals surface area contributed by atoms with Crippen LogP contribution in [0, 0.1) is 0 Å². The van der Waals surface area contributed by atoms with Crippen LogP contribution in [0.5, 0.6) is 11.5 Å². The van der Waals surface area contributed by atoms with Crippen LogP contribution in [0.1, 0.15) is 25.3 Å². The van der Waals surface area contributed by atoms with Gasteiger partial charge in [-0.1, -0.05) is 12.1 Å². The Morgan fingerprint density at radius 3 is 2.55 bits per heavy atom. The number of benzene rings is 2. The molecular weight excluding hydrogens is 428 g/mol. The lowest BCUT2D eigenvalue weighted by molar-refractivity contribution is -0.147. The van der Waals surface area contributed by atoms with Crippen LogP contribution in [-0.2, 0) is 20.7 Å². The van der Waals surface area contributed by atoms with Crippen molar-refractivity contribution in [2.75, 3.05) is 20.8 Å². The number of carboxylic acid groups (broad SMARTS) is 1. The van der Waals surface area contributed by atoms with Gasteiger partial charge in [-0.05, 0) is 49.6 Å². The highest BCUT2D eigenvalue weighted by Gasteiger charge is 2.39. The summed E-state index contributed by atoms with van der Waals surface area (Å²) < 4.78 is 22.3. The molecule has 2 aromatic carbocycles. The fourth-order valence-corrected chi connectivity index (χ4v) is 3.97. The van der Waals surface area contributed by atoms with E-state index in [1.165, 1.54) is 0 Å². The number of fused-ring (bicyclic) bond motifs is 1. The van der Waals surface area contributed by atoms with Gasteiger partial charge in [-0.3, -0.25) is 4.79 Å². The maximum atomic E-state index is 12.6. The summed E-state index contributed by atoms with van der Waals surface area (Å²) in [5.74, 6) is -0.106. The predicted molar refractivity (Wildman–Crippen MR) is 119 cm³/mol. The molecule has 3 aromatic rings. The number of carboxylic acids is 1. The first-order valence-corrected chi connectivity index (χ1v) is 10.6. The number of carbonyl (C=O) groups is 2. The van der Waals surface area contributed by atoms with Gasteiger partial charge in [-0.25, -0.2) is 9.78 Å². The Morgan fingerprint density at radius 2 is 1.94 bits per heavy atom. The first kappa shape index (κ1) is 22.6. The summed E-state index contributed by atoms with van der Waals surface area (Å²) in [4.78, 5) is 29.0. The van der Waals surface area contributed by atoms with E-state index in [0.29, 0.717) is 52.6 Å². The third-order valence-corrected chi connectivity index (χ3v) is 5.84. The van der Waals surface area contributed by atoms with Crippen molar-refractivity contribution < 1.29 is 33.3 Å². The number of oxazole rings is 1. The van der Waals surface area contributed by atoms with Gasteiger partial charge >= 0.3 is 5.97 Å². The van der Waals surface area contributed by atoms with E-state index in [1.54, 1.807) is 57.5 Å². The van der Waals surface area contributed by atoms with Gasteiger partial charge in [0.25, 0.3) is 5.91 Å². The Hall–Kier alpha value is -3.59. The Kier molecular flexibility index (Phi) is 6.24. The number of aliphatic carboxylic acids is 1. The minimum Gasteiger partial charge on any atom is -0.496 e. The molecule has 1 aliphatic rings. The van der Waals surface area contributed by atoms with E-state index in [-0.39, 0.29) is 6.42 Å². The fraction of sp³-hybridized carbons (Fsp3) is 0.375. The highest BCUT2D eigenvalue weighted by Crippen LogP contribution is 2.39. The second-order valence-corrected chi connectivity index (χ2v) is 8.11. The minimum absolute atomic E-state index is 0.0905. The zero-order valence-corrected chi connectivity index (χ0v) is 18.7. The van der Waals surface area contributed by atoms with Crippen molar-refractivity contribution in [1.82, 2.24) is 10.3 Å². The third-order valence-electron chi connectivity index (χ3n) is 5.84. The van der Waals surface area contributed by atoms with Gasteiger partial charge in [0.1, 0.15) is 34.2 Å². The zero-order chi connectivity index (χ0) is 23.6. The quantitative estimate of drug-likeness (QED) is 0.532. The van der Waals surface area contributed by atoms with Gasteiger partial charge in [-0.15, -0.1) is 0 Å². The van der Waals surface area contributed by atoms with Crippen molar-refractivity contribution >= 4 is 23.0 Å². The van der Waals surface area contributed by atoms with E-state index >= 15 is 0 Å². The molecule has 0 radical (unpaired) electrons. The summed E-state index contributed by atoms with van der Waals surface area (Å²) in [7, 11) is 3.10. The van der Waals surface area contributed by atoms with E-state index in [2.05, 4.69) is 10.3 Å². The van der Waals surface area contributed by atoms with Crippen LogP contribution >= 0.6 is 0 Å². The molecule has 0 bridgehead atoms. The summed E-state index contributed by atoms with van der Waals surface area (Å²) in [6.45, 7) is 2.17. The number of nitrogens with one attached hydrogen (secondary N) is 1. The molecule has 0 spiro atoms. The predicted octanol–water partition coefficient (Wildman–Crippen LogP) is 3.19. The van der Waals surface area contributed by atoms with E-state index in [9.17, 15) is 14.7 Å². The first-order valence-electron chi connectivity index (χ1n) is 10.6. The van der Waals surface area contributed by atoms with Crippen LogP contribution in [0.4, 0.5) is 0 Å². The number of amides is 1. The third kappa shape index (κ3) is 4.49. The number of carbonyl (C=O) groups excluding carboxylic acids is 1. The molecule has 174 valence electrons. The molecule has 2 N–H and O–H groups in total. The molecule has 1 aromatic heterocycles. The number of rotatable bonds is 8. The van der Waals surface area contributed by atoms with Gasteiger partial charge in [0.2, 0.25) is 5.89 Å². The molecule has 2 atom stereocenters. The van der Waals surface area contributed by atoms with Crippen LogP contribution in [0.25, 0.3) is 22.6 Å². The topological polar surface area (TPSA) is 120 Å². The van der Waals surface area contributed by atoms with Crippen LogP contribution < -0.4 is 14.8 Å². The van der Waals surface area contributed by atoms with Crippen molar-refractivity contribution in [2.24, 2.45) is 0 Å². The van der Waals surface area contributed by atoms with Crippen LogP contribution in [0.2, 0.25) is 0 Å². The maximum absolute atomic E-state index is 12.6. The second-order valence-electron chi connectivity index (χ2n) is 8.11.